The molecule has 0 N–H and O–H groups in total. The van der Waals surface area contributed by atoms with Crippen molar-refractivity contribution in [3.63, 3.8) is 0 Å². The number of rotatable bonds is 2. The molecule has 1 aliphatic rings. The molecule has 0 amide bonds. The van der Waals surface area contributed by atoms with Crippen molar-refractivity contribution < 1.29 is 0 Å². The van der Waals surface area contributed by atoms with Crippen LogP contribution in [0.2, 0.25) is 0 Å². The fourth-order valence-electron chi connectivity index (χ4n) is 4.25. The van der Waals surface area contributed by atoms with E-state index in [2.05, 4.69) is 46.8 Å². The van der Waals surface area contributed by atoms with Crippen molar-refractivity contribution in [1.29, 1.82) is 0 Å². The molecule has 0 saturated carbocycles. The van der Waals surface area contributed by atoms with Gasteiger partial charge in [0, 0.05) is 0 Å². The van der Waals surface area contributed by atoms with Crippen LogP contribution in [0.4, 0.5) is 0 Å². The zero-order valence-electron chi connectivity index (χ0n) is 16.8. The first-order chi connectivity index (χ1) is 11.0. The Hall–Kier alpha value is -0.260. The average Bonchev–Trinajstić information content (AvgIpc) is 2.52. The minimum Gasteiger partial charge on any atom is -0.0883 e. The zero-order valence-corrected chi connectivity index (χ0v) is 16.8. The second kappa shape index (κ2) is 12.2. The van der Waals surface area contributed by atoms with Gasteiger partial charge in [0.15, 0.2) is 0 Å². The van der Waals surface area contributed by atoms with E-state index >= 15 is 0 Å². The molecule has 0 fully saturated rings. The quantitative estimate of drug-likeness (QED) is 0.452. The van der Waals surface area contributed by atoms with Crippen LogP contribution in [-0.2, 0) is 0 Å². The lowest BCUT2D eigenvalue weighted by molar-refractivity contribution is 0.273. The first-order valence-corrected chi connectivity index (χ1v) is 10.7. The Bertz CT molecular complexity index is 303. The molecular weight excluding hydrogens is 276 g/mol. The Morgan fingerprint density at radius 3 is 2.09 bits per heavy atom. The van der Waals surface area contributed by atoms with E-state index in [1.54, 1.807) is 0 Å². The lowest BCUT2D eigenvalue weighted by atomic mass is 9.81. The van der Waals surface area contributed by atoms with Crippen molar-refractivity contribution >= 4 is 0 Å². The molecule has 5 atom stereocenters. The molecule has 136 valence electrons. The third kappa shape index (κ3) is 9.58. The van der Waals surface area contributed by atoms with E-state index in [4.69, 9.17) is 0 Å². The van der Waals surface area contributed by atoms with Crippen LogP contribution in [0.25, 0.3) is 0 Å². The maximum atomic E-state index is 2.52. The summed E-state index contributed by atoms with van der Waals surface area (Å²) < 4.78 is 0. The molecule has 0 aromatic rings. The van der Waals surface area contributed by atoms with Gasteiger partial charge in [-0.2, -0.15) is 0 Å². The topological polar surface area (TPSA) is 0 Å². The van der Waals surface area contributed by atoms with Gasteiger partial charge in [0.05, 0.1) is 0 Å². The van der Waals surface area contributed by atoms with Crippen molar-refractivity contribution in [2.45, 2.75) is 105 Å². The third-order valence-corrected chi connectivity index (χ3v) is 6.26. The van der Waals surface area contributed by atoms with E-state index in [0.717, 1.165) is 29.6 Å². The summed E-state index contributed by atoms with van der Waals surface area (Å²) in [6.07, 6.45) is 20.5. The highest BCUT2D eigenvalue weighted by molar-refractivity contribution is 4.87. The second-order valence-electron chi connectivity index (χ2n) is 8.80. The molecule has 0 spiro atoms. The summed E-state index contributed by atoms with van der Waals surface area (Å²) in [6, 6.07) is 0. The molecule has 0 heteroatoms. The monoisotopic (exact) mass is 320 g/mol. The Balaban J connectivity index is 2.60. The highest BCUT2D eigenvalue weighted by atomic mass is 14.2. The summed E-state index contributed by atoms with van der Waals surface area (Å²) in [5.41, 5.74) is 0. The summed E-state index contributed by atoms with van der Waals surface area (Å²) >= 11 is 0. The number of hydrogen-bond donors (Lipinski definition) is 0. The van der Waals surface area contributed by atoms with Gasteiger partial charge in [-0.15, -0.1) is 0 Å². The van der Waals surface area contributed by atoms with Gasteiger partial charge in [-0.05, 0) is 48.9 Å². The Morgan fingerprint density at radius 1 is 0.783 bits per heavy atom. The largest absolute Gasteiger partial charge is 0.0883 e. The van der Waals surface area contributed by atoms with Crippen molar-refractivity contribution in [2.75, 3.05) is 0 Å². The van der Waals surface area contributed by atoms with Crippen LogP contribution in [0.5, 0.6) is 0 Å². The molecule has 0 aromatic heterocycles. The standard InChI is InChI=1S/C23H44/c1-6-10-23-14-8-7-11-19(2)15-16-20(3)12-9-13-21(4)17-18-22(23)5/h7,11,19-23H,6,8-10,12-18H2,1-5H3. The average molecular weight is 321 g/mol. The van der Waals surface area contributed by atoms with Crippen LogP contribution < -0.4 is 0 Å². The predicted molar refractivity (Wildman–Crippen MR) is 106 cm³/mol. The van der Waals surface area contributed by atoms with E-state index < -0.39 is 0 Å². The molecule has 23 heavy (non-hydrogen) atoms. The second-order valence-corrected chi connectivity index (χ2v) is 8.80. The van der Waals surface area contributed by atoms with Gasteiger partial charge in [0.2, 0.25) is 0 Å². The summed E-state index contributed by atoms with van der Waals surface area (Å²) in [7, 11) is 0. The van der Waals surface area contributed by atoms with E-state index in [0.29, 0.717) is 0 Å². The van der Waals surface area contributed by atoms with E-state index in [9.17, 15) is 0 Å². The molecule has 1 rings (SSSR count). The first kappa shape index (κ1) is 20.8. The summed E-state index contributed by atoms with van der Waals surface area (Å²) in [5.74, 6) is 4.47. The molecule has 1 aliphatic carbocycles. The first-order valence-electron chi connectivity index (χ1n) is 10.7. The molecule has 0 saturated heterocycles. The molecular formula is C23H44. The maximum Gasteiger partial charge on any atom is -0.0262 e. The summed E-state index contributed by atoms with van der Waals surface area (Å²) in [6.45, 7) is 12.2. The SMILES string of the molecule is CCCC1CCC=CC(C)CCC(C)CCCC(C)CCC1C. The van der Waals surface area contributed by atoms with Crippen molar-refractivity contribution in [2.24, 2.45) is 29.6 Å². The Kier molecular flexibility index (Phi) is 11.0. The normalized spacial score (nSPS) is 36.0. The molecule has 0 aliphatic heterocycles. The Labute approximate surface area is 147 Å². The smallest absolute Gasteiger partial charge is 0.0262 e. The van der Waals surface area contributed by atoms with Crippen LogP contribution in [-0.4, -0.2) is 0 Å². The molecule has 0 radical (unpaired) electrons. The van der Waals surface area contributed by atoms with E-state index in [-0.39, 0.29) is 0 Å². The lowest BCUT2D eigenvalue weighted by Crippen LogP contribution is -2.13. The third-order valence-electron chi connectivity index (χ3n) is 6.26. The van der Waals surface area contributed by atoms with Crippen molar-refractivity contribution in [1.82, 2.24) is 0 Å². The van der Waals surface area contributed by atoms with Crippen LogP contribution in [0.1, 0.15) is 105 Å². The predicted octanol–water partition coefficient (Wildman–Crippen LogP) is 8.03. The molecule has 0 heterocycles. The molecule has 5 unspecified atom stereocenters. The van der Waals surface area contributed by atoms with Crippen LogP contribution in [0.15, 0.2) is 12.2 Å². The molecule has 0 bridgehead atoms. The van der Waals surface area contributed by atoms with Gasteiger partial charge in [0.25, 0.3) is 0 Å². The summed E-state index contributed by atoms with van der Waals surface area (Å²) in [5, 5.41) is 0. The molecule has 0 aromatic carbocycles. The fourth-order valence-corrected chi connectivity index (χ4v) is 4.25. The highest BCUT2D eigenvalue weighted by Crippen LogP contribution is 2.30. The van der Waals surface area contributed by atoms with E-state index in [1.165, 1.54) is 70.6 Å². The lowest BCUT2D eigenvalue weighted by Gasteiger charge is -2.25. The highest BCUT2D eigenvalue weighted by Gasteiger charge is 2.17. The van der Waals surface area contributed by atoms with Crippen LogP contribution in [0, 0.1) is 29.6 Å². The maximum absolute atomic E-state index is 2.52. The number of hydrogen-bond acceptors (Lipinski definition) is 0. The minimum atomic E-state index is 0.770. The van der Waals surface area contributed by atoms with Gasteiger partial charge < -0.3 is 0 Å². The number of allylic oxidation sites excluding steroid dienone is 2. The van der Waals surface area contributed by atoms with Crippen molar-refractivity contribution in [3.05, 3.63) is 12.2 Å². The van der Waals surface area contributed by atoms with Gasteiger partial charge in [-0.3, -0.25) is 0 Å². The molecule has 0 nitrogen and oxygen atoms in total. The zero-order chi connectivity index (χ0) is 17.1. The minimum absolute atomic E-state index is 0.770. The van der Waals surface area contributed by atoms with Gasteiger partial charge >= 0.3 is 0 Å². The summed E-state index contributed by atoms with van der Waals surface area (Å²) in [4.78, 5) is 0. The van der Waals surface area contributed by atoms with Gasteiger partial charge in [0.1, 0.15) is 0 Å². The van der Waals surface area contributed by atoms with Crippen LogP contribution >= 0.6 is 0 Å². The van der Waals surface area contributed by atoms with Crippen molar-refractivity contribution in [3.8, 4) is 0 Å². The van der Waals surface area contributed by atoms with E-state index in [1.807, 2.05) is 0 Å². The fraction of sp³-hybridized carbons (Fsp3) is 0.913. The Morgan fingerprint density at radius 2 is 1.43 bits per heavy atom. The van der Waals surface area contributed by atoms with Crippen LogP contribution in [0.3, 0.4) is 0 Å². The van der Waals surface area contributed by atoms with Gasteiger partial charge in [-0.25, -0.2) is 0 Å². The van der Waals surface area contributed by atoms with Gasteiger partial charge in [-0.1, -0.05) is 98.1 Å².